The standard InChI is InChI=1S/C12H14ClN3O/c13-8-3-4-11-10(6-8)15-12(17-11)16-5-1-2-9(14)7-16/h3-4,6,9H,1-2,5,7,14H2/t9-/m0/s1. The zero-order valence-electron chi connectivity index (χ0n) is 9.40. The maximum atomic E-state index is 5.95. The number of aromatic nitrogens is 1. The predicted octanol–water partition coefficient (Wildman–Crippen LogP) is 2.41. The molecule has 2 aromatic rings. The van der Waals surface area contributed by atoms with Crippen molar-refractivity contribution in [2.24, 2.45) is 5.73 Å². The number of rotatable bonds is 1. The van der Waals surface area contributed by atoms with Gasteiger partial charge in [-0.15, -0.1) is 0 Å². The molecule has 1 aliphatic rings. The second-order valence-electron chi connectivity index (χ2n) is 4.46. The minimum absolute atomic E-state index is 0.211. The molecule has 1 aromatic carbocycles. The van der Waals surface area contributed by atoms with Gasteiger partial charge < -0.3 is 15.1 Å². The molecule has 0 saturated carbocycles. The summed E-state index contributed by atoms with van der Waals surface area (Å²) in [7, 11) is 0. The van der Waals surface area contributed by atoms with Crippen LogP contribution in [0.25, 0.3) is 11.1 Å². The van der Waals surface area contributed by atoms with E-state index in [0.717, 1.165) is 37.0 Å². The van der Waals surface area contributed by atoms with Crippen LogP contribution in [0.5, 0.6) is 0 Å². The number of oxazole rings is 1. The number of nitrogens with two attached hydrogens (primary N) is 1. The van der Waals surface area contributed by atoms with Gasteiger partial charge in [0.15, 0.2) is 5.58 Å². The van der Waals surface area contributed by atoms with Crippen molar-refractivity contribution in [3.05, 3.63) is 23.2 Å². The zero-order chi connectivity index (χ0) is 11.8. The van der Waals surface area contributed by atoms with Gasteiger partial charge in [0, 0.05) is 24.2 Å². The van der Waals surface area contributed by atoms with Crippen LogP contribution >= 0.6 is 11.6 Å². The summed E-state index contributed by atoms with van der Waals surface area (Å²) in [6, 6.07) is 6.33. The Morgan fingerprint density at radius 2 is 2.35 bits per heavy atom. The van der Waals surface area contributed by atoms with E-state index in [1.54, 1.807) is 6.07 Å². The minimum Gasteiger partial charge on any atom is -0.423 e. The molecule has 2 N–H and O–H groups in total. The monoisotopic (exact) mass is 251 g/mol. The van der Waals surface area contributed by atoms with E-state index in [-0.39, 0.29) is 6.04 Å². The maximum absolute atomic E-state index is 5.95. The van der Waals surface area contributed by atoms with Gasteiger partial charge in [-0.25, -0.2) is 0 Å². The van der Waals surface area contributed by atoms with E-state index in [1.165, 1.54) is 0 Å². The Morgan fingerprint density at radius 1 is 1.47 bits per heavy atom. The van der Waals surface area contributed by atoms with Gasteiger partial charge in [0.25, 0.3) is 6.01 Å². The first-order valence-corrected chi connectivity index (χ1v) is 6.17. The van der Waals surface area contributed by atoms with Crippen molar-refractivity contribution in [3.8, 4) is 0 Å². The molecule has 0 unspecified atom stereocenters. The normalized spacial score (nSPS) is 21.1. The van der Waals surface area contributed by atoms with E-state index in [2.05, 4.69) is 9.88 Å². The molecule has 3 rings (SSSR count). The number of hydrogen-bond acceptors (Lipinski definition) is 4. The van der Waals surface area contributed by atoms with Crippen molar-refractivity contribution in [2.45, 2.75) is 18.9 Å². The molecule has 1 saturated heterocycles. The molecular weight excluding hydrogens is 238 g/mol. The number of piperidine rings is 1. The molecule has 0 aliphatic carbocycles. The summed E-state index contributed by atoms with van der Waals surface area (Å²) in [6.45, 7) is 1.76. The Bertz CT molecular complexity index is 540. The lowest BCUT2D eigenvalue weighted by atomic mass is 10.1. The summed E-state index contributed by atoms with van der Waals surface area (Å²) in [5, 5.41) is 0.674. The second-order valence-corrected chi connectivity index (χ2v) is 4.89. The number of nitrogens with zero attached hydrogens (tertiary/aromatic N) is 2. The molecule has 0 amide bonds. The molecule has 0 bridgehead atoms. The Kier molecular flexibility index (Phi) is 2.68. The number of hydrogen-bond donors (Lipinski definition) is 1. The Hall–Kier alpha value is -1.26. The van der Waals surface area contributed by atoms with E-state index < -0.39 is 0 Å². The van der Waals surface area contributed by atoms with Crippen LogP contribution < -0.4 is 10.6 Å². The Balaban J connectivity index is 1.94. The first-order valence-electron chi connectivity index (χ1n) is 5.79. The third-order valence-electron chi connectivity index (χ3n) is 3.07. The molecule has 2 heterocycles. The predicted molar refractivity (Wildman–Crippen MR) is 68.4 cm³/mol. The summed E-state index contributed by atoms with van der Waals surface area (Å²) < 4.78 is 5.71. The lowest BCUT2D eigenvalue weighted by Crippen LogP contribution is -2.42. The lowest BCUT2D eigenvalue weighted by Gasteiger charge is -2.29. The average molecular weight is 252 g/mol. The number of fused-ring (bicyclic) bond motifs is 1. The van der Waals surface area contributed by atoms with Gasteiger partial charge >= 0.3 is 0 Å². The number of anilines is 1. The van der Waals surface area contributed by atoms with E-state index in [9.17, 15) is 0 Å². The Labute approximate surface area is 104 Å². The maximum Gasteiger partial charge on any atom is 0.298 e. The van der Waals surface area contributed by atoms with Crippen molar-refractivity contribution < 1.29 is 4.42 Å². The number of benzene rings is 1. The highest BCUT2D eigenvalue weighted by Gasteiger charge is 2.21. The molecule has 1 atom stereocenters. The highest BCUT2D eigenvalue weighted by molar-refractivity contribution is 6.31. The topological polar surface area (TPSA) is 55.3 Å². The molecule has 0 spiro atoms. The van der Waals surface area contributed by atoms with Crippen LogP contribution in [-0.4, -0.2) is 24.1 Å². The molecule has 4 nitrogen and oxygen atoms in total. The van der Waals surface area contributed by atoms with Crippen LogP contribution in [0.3, 0.4) is 0 Å². The third kappa shape index (κ3) is 2.10. The van der Waals surface area contributed by atoms with Gasteiger partial charge in [0.05, 0.1) is 0 Å². The van der Waals surface area contributed by atoms with Crippen LogP contribution in [0, 0.1) is 0 Å². The van der Waals surface area contributed by atoms with E-state index in [1.807, 2.05) is 12.1 Å². The summed E-state index contributed by atoms with van der Waals surface area (Å²) in [6.07, 6.45) is 2.16. The summed E-state index contributed by atoms with van der Waals surface area (Å²) >= 11 is 5.92. The summed E-state index contributed by atoms with van der Waals surface area (Å²) in [5.74, 6) is 0. The van der Waals surface area contributed by atoms with Gasteiger partial charge in [-0.3, -0.25) is 0 Å². The van der Waals surface area contributed by atoms with Crippen LogP contribution in [0.15, 0.2) is 22.6 Å². The fourth-order valence-corrected chi connectivity index (χ4v) is 2.37. The van der Waals surface area contributed by atoms with Gasteiger partial charge in [-0.05, 0) is 31.0 Å². The molecule has 1 aromatic heterocycles. The molecule has 1 aliphatic heterocycles. The zero-order valence-corrected chi connectivity index (χ0v) is 10.2. The van der Waals surface area contributed by atoms with Crippen molar-refractivity contribution in [2.75, 3.05) is 18.0 Å². The quantitative estimate of drug-likeness (QED) is 0.846. The minimum atomic E-state index is 0.211. The SMILES string of the molecule is N[C@H]1CCCN(c2nc3cc(Cl)ccc3o2)C1. The first kappa shape index (κ1) is 10.9. The average Bonchev–Trinajstić information content (AvgIpc) is 2.72. The van der Waals surface area contributed by atoms with Crippen molar-refractivity contribution >= 4 is 28.7 Å². The van der Waals surface area contributed by atoms with Gasteiger partial charge in [0.1, 0.15) is 5.52 Å². The second kappa shape index (κ2) is 4.20. The van der Waals surface area contributed by atoms with E-state index in [4.69, 9.17) is 21.8 Å². The van der Waals surface area contributed by atoms with Gasteiger partial charge in [-0.1, -0.05) is 11.6 Å². The van der Waals surface area contributed by atoms with Crippen LogP contribution in [0.2, 0.25) is 5.02 Å². The van der Waals surface area contributed by atoms with Gasteiger partial charge in [-0.2, -0.15) is 4.98 Å². The highest BCUT2D eigenvalue weighted by Crippen LogP contribution is 2.26. The van der Waals surface area contributed by atoms with Crippen LogP contribution in [0.4, 0.5) is 6.01 Å². The smallest absolute Gasteiger partial charge is 0.298 e. The Morgan fingerprint density at radius 3 is 3.18 bits per heavy atom. The molecule has 0 radical (unpaired) electrons. The summed E-state index contributed by atoms with van der Waals surface area (Å²) in [5.41, 5.74) is 7.51. The van der Waals surface area contributed by atoms with Crippen LogP contribution in [-0.2, 0) is 0 Å². The third-order valence-corrected chi connectivity index (χ3v) is 3.30. The molecule has 17 heavy (non-hydrogen) atoms. The van der Waals surface area contributed by atoms with E-state index in [0.29, 0.717) is 11.0 Å². The van der Waals surface area contributed by atoms with Crippen molar-refractivity contribution in [1.29, 1.82) is 0 Å². The first-order chi connectivity index (χ1) is 8.22. The molecule has 5 heteroatoms. The highest BCUT2D eigenvalue weighted by atomic mass is 35.5. The van der Waals surface area contributed by atoms with E-state index >= 15 is 0 Å². The number of halogens is 1. The van der Waals surface area contributed by atoms with Crippen LogP contribution in [0.1, 0.15) is 12.8 Å². The largest absolute Gasteiger partial charge is 0.423 e. The van der Waals surface area contributed by atoms with Crippen molar-refractivity contribution in [3.63, 3.8) is 0 Å². The fraction of sp³-hybridized carbons (Fsp3) is 0.417. The molecule has 1 fully saturated rings. The molecular formula is C12H14ClN3O. The lowest BCUT2D eigenvalue weighted by molar-refractivity contribution is 0.467. The molecule has 90 valence electrons. The fourth-order valence-electron chi connectivity index (χ4n) is 2.21. The summed E-state index contributed by atoms with van der Waals surface area (Å²) in [4.78, 5) is 6.55. The van der Waals surface area contributed by atoms with Gasteiger partial charge in [0.2, 0.25) is 0 Å². The van der Waals surface area contributed by atoms with Crippen molar-refractivity contribution in [1.82, 2.24) is 4.98 Å².